The van der Waals surface area contributed by atoms with Crippen LogP contribution >= 0.6 is 24.0 Å². The van der Waals surface area contributed by atoms with Gasteiger partial charge in [-0.15, -0.1) is 12.4 Å². The van der Waals surface area contributed by atoms with Gasteiger partial charge in [0.1, 0.15) is 5.60 Å². The van der Waals surface area contributed by atoms with Crippen LogP contribution in [0, 0.1) is 5.92 Å². The van der Waals surface area contributed by atoms with Crippen LogP contribution in [0.4, 0.5) is 0 Å². The Labute approximate surface area is 131 Å². The summed E-state index contributed by atoms with van der Waals surface area (Å²) in [5.74, 6) is 0.659. The molecule has 3 unspecified atom stereocenters. The third-order valence-corrected chi connectivity index (χ3v) is 4.73. The largest absolute Gasteiger partial charge is 0.384 e. The lowest BCUT2D eigenvalue weighted by atomic mass is 9.83. The fraction of sp³-hybridized carbons (Fsp3) is 0.500. The van der Waals surface area contributed by atoms with E-state index < -0.39 is 5.60 Å². The molecule has 2 aliphatic rings. The molecular weight excluding hydrogens is 293 g/mol. The van der Waals surface area contributed by atoms with Crippen molar-refractivity contribution < 1.29 is 5.11 Å². The molecule has 3 rings (SSSR count). The molecule has 0 saturated carbocycles. The maximum absolute atomic E-state index is 10.8. The van der Waals surface area contributed by atoms with Crippen molar-refractivity contribution >= 4 is 24.0 Å². The van der Waals surface area contributed by atoms with Gasteiger partial charge < -0.3 is 10.4 Å². The van der Waals surface area contributed by atoms with Crippen molar-refractivity contribution in [2.24, 2.45) is 5.92 Å². The Morgan fingerprint density at radius 3 is 2.60 bits per heavy atom. The van der Waals surface area contributed by atoms with Gasteiger partial charge in [-0.3, -0.25) is 0 Å². The summed E-state index contributed by atoms with van der Waals surface area (Å²) in [5.41, 5.74) is 0.231. The summed E-state index contributed by atoms with van der Waals surface area (Å²) >= 11 is 5.91. The summed E-state index contributed by atoms with van der Waals surface area (Å²) in [4.78, 5) is 0. The standard InChI is InChI=1S/C16H20ClNO.ClH/c17-14-8-6-13(7-9-14)16(19)10-15(18-11-16)12-4-2-1-3-5-12;/h1-2,6-9,12,15,18-19H,3-5,10-11H2;1H. The Hall–Kier alpha value is -0.540. The molecule has 1 saturated heterocycles. The summed E-state index contributed by atoms with van der Waals surface area (Å²) < 4.78 is 0. The number of aliphatic hydroxyl groups is 1. The number of halogens is 2. The lowest BCUT2D eigenvalue weighted by molar-refractivity contribution is 0.0536. The van der Waals surface area contributed by atoms with Crippen LogP contribution in [0.25, 0.3) is 0 Å². The second kappa shape index (κ2) is 6.48. The van der Waals surface area contributed by atoms with Gasteiger partial charge in [0.25, 0.3) is 0 Å². The molecule has 0 aromatic heterocycles. The molecule has 1 heterocycles. The molecule has 110 valence electrons. The average Bonchev–Trinajstić information content (AvgIpc) is 2.84. The van der Waals surface area contributed by atoms with E-state index in [1.165, 1.54) is 12.8 Å². The van der Waals surface area contributed by atoms with Crippen molar-refractivity contribution in [3.63, 3.8) is 0 Å². The number of β-amino-alcohol motifs (C(OH)–C–C–N with tert-alkyl or cyclic N) is 1. The predicted molar refractivity (Wildman–Crippen MR) is 85.5 cm³/mol. The van der Waals surface area contributed by atoms with Gasteiger partial charge in [0.05, 0.1) is 0 Å². The van der Waals surface area contributed by atoms with E-state index in [1.54, 1.807) is 0 Å². The van der Waals surface area contributed by atoms with E-state index in [-0.39, 0.29) is 12.4 Å². The average molecular weight is 314 g/mol. The second-order valence-electron chi connectivity index (χ2n) is 5.77. The van der Waals surface area contributed by atoms with Crippen molar-refractivity contribution in [3.8, 4) is 0 Å². The molecule has 1 aliphatic carbocycles. The first-order valence-electron chi connectivity index (χ1n) is 7.04. The van der Waals surface area contributed by atoms with Crippen LogP contribution in [0.3, 0.4) is 0 Å². The van der Waals surface area contributed by atoms with Crippen LogP contribution in [0.5, 0.6) is 0 Å². The molecule has 1 aromatic rings. The Bertz CT molecular complexity index is 474. The first-order chi connectivity index (χ1) is 9.17. The van der Waals surface area contributed by atoms with Gasteiger partial charge in [0.2, 0.25) is 0 Å². The normalized spacial score (nSPS) is 32.9. The zero-order chi connectivity index (χ0) is 13.3. The first-order valence-corrected chi connectivity index (χ1v) is 7.42. The third kappa shape index (κ3) is 3.20. The summed E-state index contributed by atoms with van der Waals surface area (Å²) in [6.45, 7) is 0.638. The Morgan fingerprint density at radius 2 is 1.95 bits per heavy atom. The smallest absolute Gasteiger partial charge is 0.103 e. The van der Waals surface area contributed by atoms with Crippen molar-refractivity contribution in [1.82, 2.24) is 5.32 Å². The van der Waals surface area contributed by atoms with E-state index in [2.05, 4.69) is 17.5 Å². The van der Waals surface area contributed by atoms with E-state index in [4.69, 9.17) is 11.6 Å². The first kappa shape index (κ1) is 15.8. The lowest BCUT2D eigenvalue weighted by Crippen LogP contribution is -2.30. The highest BCUT2D eigenvalue weighted by atomic mass is 35.5. The van der Waals surface area contributed by atoms with Gasteiger partial charge in [-0.25, -0.2) is 0 Å². The van der Waals surface area contributed by atoms with Gasteiger partial charge in [0, 0.05) is 17.6 Å². The monoisotopic (exact) mass is 313 g/mol. The summed E-state index contributed by atoms with van der Waals surface area (Å²) in [6.07, 6.45) is 8.86. The van der Waals surface area contributed by atoms with Crippen LogP contribution in [0.1, 0.15) is 31.2 Å². The number of hydrogen-bond acceptors (Lipinski definition) is 2. The third-order valence-electron chi connectivity index (χ3n) is 4.47. The molecule has 0 amide bonds. The van der Waals surface area contributed by atoms with E-state index in [0.717, 1.165) is 18.4 Å². The number of benzene rings is 1. The number of rotatable bonds is 2. The van der Waals surface area contributed by atoms with Crippen molar-refractivity contribution in [2.75, 3.05) is 6.54 Å². The molecule has 20 heavy (non-hydrogen) atoms. The van der Waals surface area contributed by atoms with Gasteiger partial charge in [-0.05, 0) is 49.3 Å². The molecule has 2 N–H and O–H groups in total. The zero-order valence-corrected chi connectivity index (χ0v) is 13.0. The molecule has 3 atom stereocenters. The van der Waals surface area contributed by atoms with Gasteiger partial charge in [0.15, 0.2) is 0 Å². The highest BCUT2D eigenvalue weighted by molar-refractivity contribution is 6.30. The molecule has 1 aliphatic heterocycles. The Balaban J connectivity index is 0.00000147. The maximum Gasteiger partial charge on any atom is 0.103 e. The van der Waals surface area contributed by atoms with Crippen molar-refractivity contribution in [2.45, 2.75) is 37.3 Å². The predicted octanol–water partition coefficient (Wildman–Crippen LogP) is 3.67. The molecule has 0 spiro atoms. The topological polar surface area (TPSA) is 32.3 Å². The number of nitrogens with one attached hydrogen (secondary N) is 1. The molecule has 0 radical (unpaired) electrons. The van der Waals surface area contributed by atoms with Crippen LogP contribution < -0.4 is 5.32 Å². The van der Waals surface area contributed by atoms with E-state index >= 15 is 0 Å². The molecule has 0 bridgehead atoms. The summed E-state index contributed by atoms with van der Waals surface area (Å²) in [6, 6.07) is 8.00. The highest BCUT2D eigenvalue weighted by Crippen LogP contribution is 2.36. The van der Waals surface area contributed by atoms with E-state index in [9.17, 15) is 5.11 Å². The minimum Gasteiger partial charge on any atom is -0.384 e. The van der Waals surface area contributed by atoms with Crippen LogP contribution in [-0.2, 0) is 5.60 Å². The molecule has 1 fully saturated rings. The van der Waals surface area contributed by atoms with E-state index in [0.29, 0.717) is 23.5 Å². The fourth-order valence-corrected chi connectivity index (χ4v) is 3.43. The minimum absolute atomic E-state index is 0. The van der Waals surface area contributed by atoms with E-state index in [1.807, 2.05) is 24.3 Å². The minimum atomic E-state index is -0.740. The van der Waals surface area contributed by atoms with Gasteiger partial charge >= 0.3 is 0 Å². The maximum atomic E-state index is 10.8. The Kier molecular flexibility index (Phi) is 5.14. The zero-order valence-electron chi connectivity index (χ0n) is 11.4. The number of allylic oxidation sites excluding steroid dienone is 2. The van der Waals surface area contributed by atoms with Gasteiger partial charge in [-0.1, -0.05) is 35.9 Å². The lowest BCUT2D eigenvalue weighted by Gasteiger charge is -2.26. The fourth-order valence-electron chi connectivity index (χ4n) is 3.30. The molecule has 4 heteroatoms. The van der Waals surface area contributed by atoms with Crippen molar-refractivity contribution in [1.29, 1.82) is 0 Å². The summed E-state index contributed by atoms with van der Waals surface area (Å²) in [5, 5.41) is 15.1. The second-order valence-corrected chi connectivity index (χ2v) is 6.21. The van der Waals surface area contributed by atoms with Crippen LogP contribution in [-0.4, -0.2) is 17.7 Å². The number of hydrogen-bond donors (Lipinski definition) is 2. The molecular formula is C16H21Cl2NO. The SMILES string of the molecule is Cl.OC1(c2ccc(Cl)cc2)CNC(C2CC=CCC2)C1. The summed E-state index contributed by atoms with van der Waals surface area (Å²) in [7, 11) is 0. The highest BCUT2D eigenvalue weighted by Gasteiger charge is 2.41. The Morgan fingerprint density at radius 1 is 1.20 bits per heavy atom. The van der Waals surface area contributed by atoms with Crippen LogP contribution in [0.15, 0.2) is 36.4 Å². The van der Waals surface area contributed by atoms with Crippen LogP contribution in [0.2, 0.25) is 5.02 Å². The molecule has 1 aromatic carbocycles. The quantitative estimate of drug-likeness (QED) is 0.817. The van der Waals surface area contributed by atoms with Gasteiger partial charge in [-0.2, -0.15) is 0 Å². The molecule has 2 nitrogen and oxygen atoms in total. The van der Waals surface area contributed by atoms with Crippen molar-refractivity contribution in [3.05, 3.63) is 47.0 Å².